The van der Waals surface area contributed by atoms with Crippen LogP contribution in [0.2, 0.25) is 0 Å². The fourth-order valence-corrected chi connectivity index (χ4v) is 2.72. The number of hydrogen-bond donors (Lipinski definition) is 2. The van der Waals surface area contributed by atoms with Gasteiger partial charge in [-0.05, 0) is 36.1 Å². The number of carbonyl (C=O) groups is 1. The van der Waals surface area contributed by atoms with E-state index in [0.717, 1.165) is 24.0 Å². The molecule has 0 aliphatic heterocycles. The summed E-state index contributed by atoms with van der Waals surface area (Å²) in [6, 6.07) is 21.0. The van der Waals surface area contributed by atoms with E-state index in [2.05, 4.69) is 17.1 Å². The number of aromatic nitrogens is 1. The van der Waals surface area contributed by atoms with Gasteiger partial charge in [-0.3, -0.25) is 4.79 Å². The highest BCUT2D eigenvalue weighted by Crippen LogP contribution is 2.22. The Morgan fingerprint density at radius 1 is 0.875 bits per heavy atom. The van der Waals surface area contributed by atoms with Crippen molar-refractivity contribution in [2.24, 2.45) is 0 Å². The third kappa shape index (κ3) is 3.43. The van der Waals surface area contributed by atoms with Crippen LogP contribution in [0.25, 0.3) is 11.3 Å². The number of pyridine rings is 1. The minimum absolute atomic E-state index is 0.250. The van der Waals surface area contributed by atoms with Gasteiger partial charge in [-0.2, -0.15) is 0 Å². The van der Waals surface area contributed by atoms with E-state index < -0.39 is 11.5 Å². The summed E-state index contributed by atoms with van der Waals surface area (Å²) >= 11 is 0. The molecule has 1 aromatic heterocycles. The van der Waals surface area contributed by atoms with Gasteiger partial charge >= 0.3 is 5.97 Å². The van der Waals surface area contributed by atoms with Crippen LogP contribution >= 0.6 is 0 Å². The van der Waals surface area contributed by atoms with Crippen molar-refractivity contribution in [2.45, 2.75) is 12.8 Å². The fraction of sp³-hybridized carbons (Fsp3) is 0.100. The lowest BCUT2D eigenvalue weighted by Crippen LogP contribution is -2.17. The minimum atomic E-state index is -1.22. The molecule has 0 atom stereocenters. The molecule has 0 saturated heterocycles. The second-order valence-electron chi connectivity index (χ2n) is 5.56. The number of carboxylic acids is 1. The molecule has 2 N–H and O–H groups in total. The molecule has 0 aliphatic carbocycles. The van der Waals surface area contributed by atoms with Crippen molar-refractivity contribution >= 4 is 5.97 Å². The largest absolute Gasteiger partial charge is 0.477 e. The number of carboxylic acid groups (broad SMARTS) is 1. The van der Waals surface area contributed by atoms with Crippen LogP contribution in [-0.4, -0.2) is 16.1 Å². The quantitative estimate of drug-likeness (QED) is 0.756. The van der Waals surface area contributed by atoms with Crippen LogP contribution < -0.4 is 5.56 Å². The first kappa shape index (κ1) is 15.7. The number of aromatic amines is 1. The zero-order valence-corrected chi connectivity index (χ0v) is 13.0. The SMILES string of the molecule is O=C(O)c1ccc(-c2ccccc2CCc2ccccc2)[nH]c1=O. The van der Waals surface area contributed by atoms with Gasteiger partial charge in [-0.15, -0.1) is 0 Å². The predicted octanol–water partition coefficient (Wildman–Crippen LogP) is 3.53. The number of H-pyrrole nitrogens is 1. The molecule has 0 fully saturated rings. The van der Waals surface area contributed by atoms with Crippen molar-refractivity contribution in [3.63, 3.8) is 0 Å². The molecule has 2 aromatic carbocycles. The summed E-state index contributed by atoms with van der Waals surface area (Å²) < 4.78 is 0. The second-order valence-corrected chi connectivity index (χ2v) is 5.56. The zero-order valence-electron chi connectivity index (χ0n) is 13.0. The van der Waals surface area contributed by atoms with Crippen LogP contribution in [0.1, 0.15) is 21.5 Å². The van der Waals surface area contributed by atoms with E-state index in [1.54, 1.807) is 6.07 Å². The van der Waals surface area contributed by atoms with Crippen LogP contribution in [0.3, 0.4) is 0 Å². The van der Waals surface area contributed by atoms with Crippen molar-refractivity contribution in [2.75, 3.05) is 0 Å². The van der Waals surface area contributed by atoms with Crippen LogP contribution in [0, 0.1) is 0 Å². The molecule has 0 saturated carbocycles. The Labute approximate surface area is 139 Å². The zero-order chi connectivity index (χ0) is 16.9. The van der Waals surface area contributed by atoms with E-state index in [1.165, 1.54) is 11.6 Å². The minimum Gasteiger partial charge on any atom is -0.477 e. The molecular weight excluding hydrogens is 302 g/mol. The second kappa shape index (κ2) is 6.96. The Bertz CT molecular complexity index is 913. The molecule has 0 spiro atoms. The molecule has 0 radical (unpaired) electrons. The van der Waals surface area contributed by atoms with Crippen molar-refractivity contribution in [1.82, 2.24) is 4.98 Å². The summed E-state index contributed by atoms with van der Waals surface area (Å²) in [5.74, 6) is -1.22. The average molecular weight is 319 g/mol. The maximum absolute atomic E-state index is 11.9. The Morgan fingerprint density at radius 3 is 2.29 bits per heavy atom. The average Bonchev–Trinajstić information content (AvgIpc) is 2.60. The van der Waals surface area contributed by atoms with E-state index in [0.29, 0.717) is 5.69 Å². The van der Waals surface area contributed by atoms with Gasteiger partial charge in [0.2, 0.25) is 0 Å². The van der Waals surface area contributed by atoms with E-state index in [1.807, 2.05) is 42.5 Å². The normalized spacial score (nSPS) is 10.5. The van der Waals surface area contributed by atoms with Gasteiger partial charge < -0.3 is 10.1 Å². The summed E-state index contributed by atoms with van der Waals surface area (Å²) in [5.41, 5.74) is 3.08. The molecule has 4 nitrogen and oxygen atoms in total. The third-order valence-corrected chi connectivity index (χ3v) is 3.97. The number of hydrogen-bond acceptors (Lipinski definition) is 2. The number of aromatic carboxylic acids is 1. The van der Waals surface area contributed by atoms with E-state index >= 15 is 0 Å². The highest BCUT2D eigenvalue weighted by molar-refractivity contribution is 5.87. The van der Waals surface area contributed by atoms with Crippen LogP contribution in [0.5, 0.6) is 0 Å². The Balaban J connectivity index is 1.90. The highest BCUT2D eigenvalue weighted by atomic mass is 16.4. The van der Waals surface area contributed by atoms with E-state index in [4.69, 9.17) is 5.11 Å². The Morgan fingerprint density at radius 2 is 1.58 bits per heavy atom. The molecule has 3 aromatic rings. The van der Waals surface area contributed by atoms with Crippen LogP contribution in [0.4, 0.5) is 0 Å². The third-order valence-electron chi connectivity index (χ3n) is 3.97. The number of benzene rings is 2. The topological polar surface area (TPSA) is 70.2 Å². The number of rotatable bonds is 5. The molecule has 120 valence electrons. The lowest BCUT2D eigenvalue weighted by molar-refractivity contribution is 0.0695. The summed E-state index contributed by atoms with van der Waals surface area (Å²) in [6.07, 6.45) is 1.73. The summed E-state index contributed by atoms with van der Waals surface area (Å²) in [5, 5.41) is 8.97. The van der Waals surface area contributed by atoms with Crippen molar-refractivity contribution in [3.05, 3.63) is 93.8 Å². The Kier molecular flexibility index (Phi) is 4.57. The van der Waals surface area contributed by atoms with Crippen LogP contribution in [0.15, 0.2) is 71.5 Å². The fourth-order valence-electron chi connectivity index (χ4n) is 2.72. The molecule has 0 bridgehead atoms. The van der Waals surface area contributed by atoms with Gasteiger partial charge in [0.1, 0.15) is 5.56 Å². The summed E-state index contributed by atoms with van der Waals surface area (Å²) in [4.78, 5) is 25.6. The molecule has 0 aliphatic rings. The molecule has 4 heteroatoms. The first-order valence-electron chi connectivity index (χ1n) is 7.74. The van der Waals surface area contributed by atoms with Gasteiger partial charge in [0.15, 0.2) is 0 Å². The maximum Gasteiger partial charge on any atom is 0.341 e. The molecular formula is C20H17NO3. The smallest absolute Gasteiger partial charge is 0.341 e. The number of nitrogens with one attached hydrogen (secondary N) is 1. The van der Waals surface area contributed by atoms with Gasteiger partial charge in [0.05, 0.1) is 0 Å². The monoisotopic (exact) mass is 319 g/mol. The van der Waals surface area contributed by atoms with Gasteiger partial charge in [-0.25, -0.2) is 4.79 Å². The van der Waals surface area contributed by atoms with E-state index in [9.17, 15) is 9.59 Å². The van der Waals surface area contributed by atoms with Crippen LogP contribution in [-0.2, 0) is 12.8 Å². The summed E-state index contributed by atoms with van der Waals surface area (Å²) in [7, 11) is 0. The Hall–Kier alpha value is -3.14. The predicted molar refractivity (Wildman–Crippen MR) is 93.3 cm³/mol. The van der Waals surface area contributed by atoms with Crippen molar-refractivity contribution < 1.29 is 9.90 Å². The molecule has 0 amide bonds. The van der Waals surface area contributed by atoms with Gasteiger partial charge in [0.25, 0.3) is 5.56 Å². The number of aryl methyl sites for hydroxylation is 2. The lowest BCUT2D eigenvalue weighted by Gasteiger charge is -2.10. The molecule has 1 heterocycles. The van der Waals surface area contributed by atoms with Crippen molar-refractivity contribution in [1.29, 1.82) is 0 Å². The highest BCUT2D eigenvalue weighted by Gasteiger charge is 2.11. The molecule has 24 heavy (non-hydrogen) atoms. The summed E-state index contributed by atoms with van der Waals surface area (Å²) in [6.45, 7) is 0. The first-order chi connectivity index (χ1) is 11.6. The molecule has 0 unspecified atom stereocenters. The van der Waals surface area contributed by atoms with Gasteiger partial charge in [-0.1, -0.05) is 54.6 Å². The maximum atomic E-state index is 11.9. The standard InChI is InChI=1S/C20H17NO3/c22-19-17(20(23)24)12-13-18(21-19)16-9-5-4-8-15(16)11-10-14-6-2-1-3-7-14/h1-9,12-13H,10-11H2,(H,21,22)(H,23,24). The lowest BCUT2D eigenvalue weighted by atomic mass is 9.97. The van der Waals surface area contributed by atoms with E-state index in [-0.39, 0.29) is 5.56 Å². The molecule has 3 rings (SSSR count). The van der Waals surface area contributed by atoms with Crippen molar-refractivity contribution in [3.8, 4) is 11.3 Å². The first-order valence-corrected chi connectivity index (χ1v) is 7.74. The van der Waals surface area contributed by atoms with Gasteiger partial charge in [0, 0.05) is 11.3 Å².